The van der Waals surface area contributed by atoms with E-state index in [0.29, 0.717) is 30.2 Å². The number of thioether (sulfide) groups is 1. The van der Waals surface area contributed by atoms with Crippen LogP contribution in [0.5, 0.6) is 5.75 Å². The van der Waals surface area contributed by atoms with Crippen molar-refractivity contribution in [1.29, 1.82) is 0 Å². The molecule has 2 rings (SSSR count). The molecule has 1 atom stereocenters. The Hall–Kier alpha value is -2.13. The normalized spacial score (nSPS) is 12.4. The summed E-state index contributed by atoms with van der Waals surface area (Å²) in [6.07, 6.45) is 3.08. The molecule has 0 aliphatic rings. The Morgan fingerprint density at radius 2 is 2.00 bits per heavy atom. The van der Waals surface area contributed by atoms with Gasteiger partial charge >= 0.3 is 0 Å². The summed E-state index contributed by atoms with van der Waals surface area (Å²) < 4.78 is 36.3. The van der Waals surface area contributed by atoms with E-state index in [-0.39, 0.29) is 5.91 Å². The monoisotopic (exact) mass is 426 g/mol. The quantitative estimate of drug-likeness (QED) is 0.556. The zero-order valence-corrected chi connectivity index (χ0v) is 17.9. The number of carbonyl (C=O) groups is 1. The third-order valence-corrected chi connectivity index (χ3v) is 6.19. The summed E-state index contributed by atoms with van der Waals surface area (Å²) >= 11 is 1.63. The highest BCUT2D eigenvalue weighted by molar-refractivity contribution is 7.98. The number of anilines is 1. The Bertz CT molecular complexity index is 836. The van der Waals surface area contributed by atoms with E-state index in [1.807, 2.05) is 12.1 Å². The van der Waals surface area contributed by atoms with Crippen molar-refractivity contribution >= 4 is 33.4 Å². The van der Waals surface area contributed by atoms with Gasteiger partial charge in [-0.25, -0.2) is 8.42 Å². The van der Waals surface area contributed by atoms with E-state index in [0.717, 1.165) is 22.1 Å². The van der Waals surface area contributed by atoms with E-state index in [1.165, 1.54) is 7.11 Å². The number of furan rings is 1. The van der Waals surface area contributed by atoms with Crippen molar-refractivity contribution in [3.8, 4) is 5.75 Å². The Balaban J connectivity index is 2.00. The first-order valence-electron chi connectivity index (χ1n) is 8.88. The number of hydrogen-bond acceptors (Lipinski definition) is 6. The first-order valence-corrected chi connectivity index (χ1v) is 11.9. The average molecular weight is 427 g/mol. The van der Waals surface area contributed by atoms with Gasteiger partial charge in [0.1, 0.15) is 17.6 Å². The van der Waals surface area contributed by atoms with Gasteiger partial charge in [0.25, 0.3) is 0 Å². The van der Waals surface area contributed by atoms with Crippen LogP contribution in [-0.4, -0.2) is 46.0 Å². The zero-order chi connectivity index (χ0) is 20.6. The van der Waals surface area contributed by atoms with Crippen LogP contribution < -0.4 is 14.4 Å². The number of nitrogens with one attached hydrogen (secondary N) is 1. The van der Waals surface area contributed by atoms with Crippen LogP contribution in [0, 0.1) is 0 Å². The second-order valence-corrected chi connectivity index (χ2v) is 9.07. The van der Waals surface area contributed by atoms with E-state index in [9.17, 15) is 13.2 Å². The minimum absolute atomic E-state index is 0.317. The maximum Gasteiger partial charge on any atom is 0.243 e. The lowest BCUT2D eigenvalue weighted by Crippen LogP contribution is -2.49. The highest BCUT2D eigenvalue weighted by atomic mass is 32.2. The van der Waals surface area contributed by atoms with E-state index in [2.05, 4.69) is 5.32 Å². The van der Waals surface area contributed by atoms with E-state index in [4.69, 9.17) is 9.15 Å². The second kappa shape index (κ2) is 10.4. The Labute approximate surface area is 170 Å². The van der Waals surface area contributed by atoms with Gasteiger partial charge in [-0.1, -0.05) is 6.92 Å². The van der Waals surface area contributed by atoms with Gasteiger partial charge in [-0.2, -0.15) is 11.8 Å². The van der Waals surface area contributed by atoms with Crippen LogP contribution >= 0.6 is 11.8 Å². The van der Waals surface area contributed by atoms with Gasteiger partial charge in [0.05, 0.1) is 31.1 Å². The molecule has 1 aromatic heterocycles. The fraction of sp³-hybridized carbons (Fsp3) is 0.421. The summed E-state index contributed by atoms with van der Waals surface area (Å²) in [6.45, 7) is 2.23. The van der Waals surface area contributed by atoms with Crippen LogP contribution in [0.1, 0.15) is 19.1 Å². The molecule has 2 aromatic rings. The number of rotatable bonds is 11. The Kier molecular flexibility index (Phi) is 8.25. The topological polar surface area (TPSA) is 88.8 Å². The largest absolute Gasteiger partial charge is 0.497 e. The molecule has 0 radical (unpaired) electrons. The average Bonchev–Trinajstić information content (AvgIpc) is 3.18. The second-order valence-electron chi connectivity index (χ2n) is 6.10. The Morgan fingerprint density at radius 1 is 1.29 bits per heavy atom. The molecule has 1 amide bonds. The lowest BCUT2D eigenvalue weighted by atomic mass is 10.2. The smallest absolute Gasteiger partial charge is 0.243 e. The molecule has 0 saturated carbocycles. The molecule has 0 aliphatic heterocycles. The summed E-state index contributed by atoms with van der Waals surface area (Å²) in [5.74, 6) is 2.60. The lowest BCUT2D eigenvalue weighted by Gasteiger charge is -2.30. The van der Waals surface area contributed by atoms with Crippen molar-refractivity contribution in [2.24, 2.45) is 0 Å². The molecular formula is C19H26N2O5S2. The first kappa shape index (κ1) is 22.2. The van der Waals surface area contributed by atoms with Gasteiger partial charge in [0.15, 0.2) is 0 Å². The summed E-state index contributed by atoms with van der Waals surface area (Å²) in [4.78, 5) is 12.7. The molecule has 0 saturated heterocycles. The molecular weight excluding hydrogens is 400 g/mol. The van der Waals surface area contributed by atoms with Crippen LogP contribution in [0.3, 0.4) is 0 Å². The number of carbonyl (C=O) groups excluding carboxylic acids is 1. The zero-order valence-electron chi connectivity index (χ0n) is 16.3. The van der Waals surface area contributed by atoms with Gasteiger partial charge in [-0.3, -0.25) is 9.10 Å². The van der Waals surface area contributed by atoms with Crippen LogP contribution in [0.15, 0.2) is 47.1 Å². The highest BCUT2D eigenvalue weighted by Crippen LogP contribution is 2.25. The molecule has 1 heterocycles. The number of ether oxygens (including phenoxy) is 1. The molecule has 1 aromatic carbocycles. The number of nitrogens with zero attached hydrogens (tertiary/aromatic N) is 1. The minimum Gasteiger partial charge on any atom is -0.497 e. The molecule has 0 bridgehead atoms. The van der Waals surface area contributed by atoms with E-state index >= 15 is 0 Å². The number of amides is 1. The molecule has 7 nitrogen and oxygen atoms in total. The van der Waals surface area contributed by atoms with Gasteiger partial charge < -0.3 is 14.5 Å². The maximum absolute atomic E-state index is 12.7. The van der Waals surface area contributed by atoms with Gasteiger partial charge in [-0.15, -0.1) is 0 Å². The summed E-state index contributed by atoms with van der Waals surface area (Å²) in [5.41, 5.74) is 0.428. The first-order chi connectivity index (χ1) is 13.4. The van der Waals surface area contributed by atoms with Gasteiger partial charge in [-0.05, 0) is 42.8 Å². The molecule has 0 fully saturated rings. The van der Waals surface area contributed by atoms with Crippen molar-refractivity contribution in [3.05, 3.63) is 48.4 Å². The molecule has 9 heteroatoms. The molecule has 154 valence electrons. The van der Waals surface area contributed by atoms with E-state index in [1.54, 1.807) is 49.2 Å². The van der Waals surface area contributed by atoms with Crippen LogP contribution in [0.4, 0.5) is 5.69 Å². The third-order valence-electron chi connectivity index (χ3n) is 4.03. The number of sulfonamides is 1. The van der Waals surface area contributed by atoms with Crippen molar-refractivity contribution in [2.75, 3.05) is 30.0 Å². The summed E-state index contributed by atoms with van der Waals surface area (Å²) in [5, 5.41) is 2.84. The predicted molar refractivity (Wildman–Crippen MR) is 112 cm³/mol. The molecule has 1 N–H and O–H groups in total. The van der Waals surface area contributed by atoms with Crippen molar-refractivity contribution in [3.63, 3.8) is 0 Å². The SMILES string of the molecule is CC[C@@H](C(=O)NCCSCc1ccco1)N(c1ccc(OC)cc1)S(C)(=O)=O. The standard InChI is InChI=1S/C19H26N2O5S2/c1-4-18(19(22)20-11-13-27-14-17-6-5-12-26-17)21(28(3,23)24)15-7-9-16(25-2)10-8-15/h5-10,12,18H,4,11,13-14H2,1-3H3,(H,20,22)/t18-/m0/s1. The van der Waals surface area contributed by atoms with Crippen molar-refractivity contribution in [1.82, 2.24) is 5.32 Å². The van der Waals surface area contributed by atoms with E-state index < -0.39 is 16.1 Å². The number of methoxy groups -OCH3 is 1. The third kappa shape index (κ3) is 6.20. The number of benzene rings is 1. The molecule has 0 aliphatic carbocycles. The predicted octanol–water partition coefficient (Wildman–Crippen LogP) is 2.88. The summed E-state index contributed by atoms with van der Waals surface area (Å²) in [6, 6.07) is 9.52. The fourth-order valence-electron chi connectivity index (χ4n) is 2.72. The fourth-order valence-corrected chi connectivity index (χ4v) is 4.69. The van der Waals surface area contributed by atoms with Crippen LogP contribution in [0.2, 0.25) is 0 Å². The van der Waals surface area contributed by atoms with Crippen molar-refractivity contribution < 1.29 is 22.4 Å². The van der Waals surface area contributed by atoms with Gasteiger partial charge in [0, 0.05) is 12.3 Å². The van der Waals surface area contributed by atoms with Crippen molar-refractivity contribution in [2.45, 2.75) is 25.1 Å². The molecule has 0 spiro atoms. The van der Waals surface area contributed by atoms with Gasteiger partial charge in [0.2, 0.25) is 15.9 Å². The minimum atomic E-state index is -3.64. The van der Waals surface area contributed by atoms with Crippen LogP contribution in [0.25, 0.3) is 0 Å². The number of hydrogen-bond donors (Lipinski definition) is 1. The van der Waals surface area contributed by atoms with Crippen LogP contribution in [-0.2, 0) is 20.6 Å². The highest BCUT2D eigenvalue weighted by Gasteiger charge is 2.31. The Morgan fingerprint density at radius 3 is 2.54 bits per heavy atom. The lowest BCUT2D eigenvalue weighted by molar-refractivity contribution is -0.122. The maximum atomic E-state index is 12.7. The summed E-state index contributed by atoms with van der Waals surface area (Å²) in [7, 11) is -2.11. The molecule has 28 heavy (non-hydrogen) atoms. The molecule has 0 unspecified atom stereocenters.